The van der Waals surface area contributed by atoms with Gasteiger partial charge in [0.15, 0.2) is 0 Å². The zero-order chi connectivity index (χ0) is 26.3. The van der Waals surface area contributed by atoms with Gasteiger partial charge in [-0.1, -0.05) is 36.4 Å². The molecule has 0 saturated heterocycles. The van der Waals surface area contributed by atoms with Crippen LogP contribution < -0.4 is 32.6 Å². The summed E-state index contributed by atoms with van der Waals surface area (Å²) < 4.78 is 4.00. The predicted molar refractivity (Wildman–Crippen MR) is 156 cm³/mol. The van der Waals surface area contributed by atoms with Crippen LogP contribution in [0.4, 0.5) is 0 Å². The lowest BCUT2D eigenvalue weighted by molar-refractivity contribution is 1.56. The topological polar surface area (TPSA) is 102 Å². The molecule has 180 valence electrons. The van der Waals surface area contributed by atoms with Gasteiger partial charge in [0.05, 0.1) is 0 Å². The summed E-state index contributed by atoms with van der Waals surface area (Å²) in [5, 5.41) is 4.65. The van der Waals surface area contributed by atoms with Crippen molar-refractivity contribution in [2.75, 3.05) is 0 Å². The summed E-state index contributed by atoms with van der Waals surface area (Å²) in [6, 6.07) is 22.3. The number of hydrogen-bond acceptors (Lipinski definition) is 8. The molecule has 0 atom stereocenters. The fourth-order valence-electron chi connectivity index (χ4n) is 5.08. The number of rotatable bonds is 0. The van der Waals surface area contributed by atoms with E-state index in [1.165, 1.54) is 0 Å². The summed E-state index contributed by atoms with van der Waals surface area (Å²) in [5.41, 5.74) is -4.56. The minimum Gasteiger partial charge on any atom is -0.285 e. The molecule has 38 heavy (non-hydrogen) atoms. The number of hydrogen-bond donors (Lipinski definition) is 0. The van der Waals surface area contributed by atoms with Crippen molar-refractivity contribution in [2.45, 2.75) is 0 Å². The van der Waals surface area contributed by atoms with Crippen LogP contribution in [0.5, 0.6) is 0 Å². The van der Waals surface area contributed by atoms with Gasteiger partial charge in [-0.3, -0.25) is 28.8 Å². The monoisotopic (exact) mass is 532 g/mol. The standard InChI is InChI=1S/2C15H6O3S/c16-13-9-5-8-7-3-1-2-4-11(7)19-12(8)6-10(9)14(17)15(13)18;16-13-8-5-6-10-11(12(8)14(17)15(13)18)7-3-1-2-4-9(7)19-10/h2*1-6H. The van der Waals surface area contributed by atoms with Crippen LogP contribution in [-0.4, -0.2) is 0 Å². The number of thiophene rings is 2. The third-order valence-corrected chi connectivity index (χ3v) is 9.12. The van der Waals surface area contributed by atoms with E-state index >= 15 is 0 Å². The Morgan fingerprint density at radius 2 is 0.895 bits per heavy atom. The molecule has 6 aromatic carbocycles. The molecular weight excluding hydrogens is 520 g/mol. The van der Waals surface area contributed by atoms with Crippen molar-refractivity contribution in [3.63, 3.8) is 0 Å². The SMILES string of the molecule is O=c1c(=O)c2cc3sc4ccccc4c3cc2c1=O.O=c1c(=O)c2ccc3sc4ccccc4c3c2c1=O. The van der Waals surface area contributed by atoms with Crippen molar-refractivity contribution >= 4 is 84.6 Å². The van der Waals surface area contributed by atoms with Crippen LogP contribution in [0.3, 0.4) is 0 Å². The molecule has 2 aromatic heterocycles. The number of benzene rings is 4. The number of fused-ring (bicyclic) bond motifs is 9. The van der Waals surface area contributed by atoms with E-state index in [2.05, 4.69) is 0 Å². The van der Waals surface area contributed by atoms with E-state index in [-0.39, 0.29) is 21.5 Å². The van der Waals surface area contributed by atoms with Gasteiger partial charge >= 0.3 is 0 Å². The highest BCUT2D eigenvalue weighted by molar-refractivity contribution is 7.26. The van der Waals surface area contributed by atoms with Crippen molar-refractivity contribution in [2.24, 2.45) is 0 Å². The van der Waals surface area contributed by atoms with E-state index in [0.717, 1.165) is 40.3 Å². The van der Waals surface area contributed by atoms with Crippen molar-refractivity contribution in [3.8, 4) is 0 Å². The van der Waals surface area contributed by atoms with Crippen LogP contribution in [0.2, 0.25) is 0 Å². The second kappa shape index (κ2) is 7.92. The Labute approximate surface area is 218 Å². The molecule has 0 aliphatic carbocycles. The van der Waals surface area contributed by atoms with Gasteiger partial charge in [-0.25, -0.2) is 0 Å². The quantitative estimate of drug-likeness (QED) is 0.270. The molecule has 8 rings (SSSR count). The fraction of sp³-hybridized carbons (Fsp3) is 0. The van der Waals surface area contributed by atoms with Crippen molar-refractivity contribution in [3.05, 3.63) is 134 Å². The average molecular weight is 533 g/mol. The smallest absolute Gasteiger partial charge is 0.274 e. The highest BCUT2D eigenvalue weighted by Crippen LogP contribution is 2.36. The Morgan fingerprint density at radius 3 is 1.63 bits per heavy atom. The van der Waals surface area contributed by atoms with Crippen LogP contribution in [-0.2, 0) is 0 Å². The minimum absolute atomic E-state index is 0.242. The van der Waals surface area contributed by atoms with E-state index in [9.17, 15) is 28.8 Å². The van der Waals surface area contributed by atoms with Crippen LogP contribution in [0.25, 0.3) is 61.9 Å². The average Bonchev–Trinajstić information content (AvgIpc) is 3.62. The molecule has 0 unspecified atom stereocenters. The highest BCUT2D eigenvalue weighted by atomic mass is 32.1. The van der Waals surface area contributed by atoms with Crippen LogP contribution in [0.15, 0.2) is 102 Å². The Hall–Kier alpha value is -4.66. The third-order valence-electron chi connectivity index (χ3n) is 6.85. The fourth-order valence-corrected chi connectivity index (χ4v) is 7.32. The van der Waals surface area contributed by atoms with Gasteiger partial charge in [-0.15, -0.1) is 22.7 Å². The van der Waals surface area contributed by atoms with Crippen molar-refractivity contribution in [1.29, 1.82) is 0 Å². The maximum atomic E-state index is 12.0. The van der Waals surface area contributed by atoms with Gasteiger partial charge in [0, 0.05) is 61.9 Å². The van der Waals surface area contributed by atoms with E-state index in [1.807, 2.05) is 54.6 Å². The molecule has 6 nitrogen and oxygen atoms in total. The van der Waals surface area contributed by atoms with Gasteiger partial charge in [-0.2, -0.15) is 0 Å². The molecule has 0 amide bonds. The molecule has 0 bridgehead atoms. The second-order valence-corrected chi connectivity index (χ2v) is 11.1. The molecule has 0 N–H and O–H groups in total. The lowest BCUT2D eigenvalue weighted by Crippen LogP contribution is -2.29. The zero-order valence-corrected chi connectivity index (χ0v) is 20.8. The first-order valence-electron chi connectivity index (χ1n) is 11.5. The first-order chi connectivity index (χ1) is 18.3. The van der Waals surface area contributed by atoms with Crippen LogP contribution in [0, 0.1) is 0 Å². The molecular formula is C30H12O6S2. The third kappa shape index (κ3) is 2.98. The molecule has 2 heterocycles. The largest absolute Gasteiger partial charge is 0.285 e. The normalized spacial score (nSPS) is 11.8. The van der Waals surface area contributed by atoms with E-state index in [4.69, 9.17) is 0 Å². The molecule has 8 heteroatoms. The summed E-state index contributed by atoms with van der Waals surface area (Å²) in [4.78, 5) is 70.2. The van der Waals surface area contributed by atoms with Crippen LogP contribution in [0.1, 0.15) is 0 Å². The highest BCUT2D eigenvalue weighted by Gasteiger charge is 2.18. The molecule has 0 fully saturated rings. The summed E-state index contributed by atoms with van der Waals surface area (Å²) in [5.74, 6) is 0. The Bertz CT molecular complexity index is 2580. The second-order valence-electron chi connectivity index (χ2n) is 8.93. The zero-order valence-electron chi connectivity index (χ0n) is 19.2. The summed E-state index contributed by atoms with van der Waals surface area (Å²) in [6.45, 7) is 0. The van der Waals surface area contributed by atoms with Crippen LogP contribution >= 0.6 is 22.7 Å². The Morgan fingerprint density at radius 1 is 0.342 bits per heavy atom. The van der Waals surface area contributed by atoms with Gasteiger partial charge in [-0.05, 0) is 36.4 Å². The lowest BCUT2D eigenvalue weighted by atomic mass is 10.1. The maximum absolute atomic E-state index is 12.0. The van der Waals surface area contributed by atoms with Gasteiger partial charge in [0.25, 0.3) is 10.9 Å². The maximum Gasteiger partial charge on any atom is 0.274 e. The van der Waals surface area contributed by atoms with Crippen molar-refractivity contribution in [1.82, 2.24) is 0 Å². The van der Waals surface area contributed by atoms with E-state index < -0.39 is 32.6 Å². The van der Waals surface area contributed by atoms with Gasteiger partial charge in [0.1, 0.15) is 0 Å². The summed E-state index contributed by atoms with van der Waals surface area (Å²) >= 11 is 3.11. The predicted octanol–water partition coefficient (Wildman–Crippen LogP) is 4.33. The Kier molecular flexibility index (Phi) is 4.69. The molecule has 8 aromatic rings. The Balaban J connectivity index is 0.000000127. The van der Waals surface area contributed by atoms with E-state index in [0.29, 0.717) is 0 Å². The van der Waals surface area contributed by atoms with Gasteiger partial charge in [0.2, 0.25) is 21.7 Å². The first-order valence-corrected chi connectivity index (χ1v) is 13.1. The molecule has 0 saturated carbocycles. The summed E-state index contributed by atoms with van der Waals surface area (Å²) in [6.07, 6.45) is 0. The van der Waals surface area contributed by atoms with Crippen molar-refractivity contribution < 1.29 is 0 Å². The molecule has 0 aliphatic rings. The lowest BCUT2D eigenvalue weighted by Gasteiger charge is -1.93. The molecule has 0 aliphatic heterocycles. The van der Waals surface area contributed by atoms with E-state index in [1.54, 1.807) is 40.9 Å². The van der Waals surface area contributed by atoms with Gasteiger partial charge < -0.3 is 0 Å². The molecule has 0 radical (unpaired) electrons. The first kappa shape index (κ1) is 22.5. The minimum atomic E-state index is -0.919. The molecule has 0 spiro atoms. The summed E-state index contributed by atoms with van der Waals surface area (Å²) in [7, 11) is 0.